The van der Waals surface area contributed by atoms with E-state index in [1.807, 2.05) is 0 Å². The van der Waals surface area contributed by atoms with E-state index in [1.54, 1.807) is 36.4 Å². The highest BCUT2D eigenvalue weighted by Gasteiger charge is 2.30. The van der Waals surface area contributed by atoms with Crippen molar-refractivity contribution in [3.63, 3.8) is 0 Å². The van der Waals surface area contributed by atoms with E-state index in [1.165, 1.54) is 18.4 Å². The van der Waals surface area contributed by atoms with Gasteiger partial charge in [-0.05, 0) is 36.4 Å². The monoisotopic (exact) mass is 442 g/mol. The summed E-state index contributed by atoms with van der Waals surface area (Å²) in [5.74, 6) is 0.511. The summed E-state index contributed by atoms with van der Waals surface area (Å²) in [5.41, 5.74) is 0.321. The molecule has 0 radical (unpaired) electrons. The molecule has 7 nitrogen and oxygen atoms in total. The number of para-hydroxylation sites is 1. The number of halogens is 3. The van der Waals surface area contributed by atoms with E-state index in [9.17, 15) is 18.0 Å². The van der Waals surface area contributed by atoms with Crippen molar-refractivity contribution < 1.29 is 26.9 Å². The fourth-order valence-electron chi connectivity index (χ4n) is 2.96. The van der Waals surface area contributed by atoms with Crippen molar-refractivity contribution in [2.24, 2.45) is 0 Å². The van der Waals surface area contributed by atoms with Crippen LogP contribution in [0.3, 0.4) is 0 Å². The molecule has 0 spiro atoms. The van der Waals surface area contributed by atoms with E-state index in [-0.39, 0.29) is 36.3 Å². The summed E-state index contributed by atoms with van der Waals surface area (Å²) in [6, 6.07) is 15.0. The number of benzene rings is 2. The normalized spacial score (nSPS) is 11.3. The van der Waals surface area contributed by atoms with Crippen LogP contribution in [0.15, 0.2) is 75.9 Å². The molecule has 164 valence electrons. The molecule has 0 aliphatic carbocycles. The van der Waals surface area contributed by atoms with Crippen LogP contribution in [-0.4, -0.2) is 16.0 Å². The second-order valence-corrected chi connectivity index (χ2v) is 6.75. The molecule has 2 N–H and O–H groups in total. The molecule has 32 heavy (non-hydrogen) atoms. The van der Waals surface area contributed by atoms with Gasteiger partial charge < -0.3 is 19.6 Å². The Balaban J connectivity index is 1.43. The van der Waals surface area contributed by atoms with Crippen LogP contribution in [0.25, 0.3) is 11.4 Å². The van der Waals surface area contributed by atoms with E-state index in [0.717, 1.165) is 12.1 Å². The molecular weight excluding hydrogens is 425 g/mol. The first kappa shape index (κ1) is 21.2. The van der Waals surface area contributed by atoms with E-state index in [2.05, 4.69) is 20.8 Å². The maximum atomic E-state index is 12.9. The maximum absolute atomic E-state index is 12.9. The van der Waals surface area contributed by atoms with Gasteiger partial charge in [0.05, 0.1) is 30.5 Å². The van der Waals surface area contributed by atoms with E-state index >= 15 is 0 Å². The molecule has 2 heterocycles. The molecule has 0 saturated heterocycles. The number of carbonyl (C=O) groups excluding carboxylic acids is 1. The maximum Gasteiger partial charge on any atom is 0.416 e. The summed E-state index contributed by atoms with van der Waals surface area (Å²) in [5, 5.41) is 9.56. The first-order valence-corrected chi connectivity index (χ1v) is 9.54. The predicted octanol–water partition coefficient (Wildman–Crippen LogP) is 4.89. The van der Waals surface area contributed by atoms with Gasteiger partial charge in [0.15, 0.2) is 0 Å². The number of amides is 1. The number of aromatic nitrogens is 2. The summed E-state index contributed by atoms with van der Waals surface area (Å²) in [4.78, 5) is 16.7. The Morgan fingerprint density at radius 1 is 1.00 bits per heavy atom. The fourth-order valence-corrected chi connectivity index (χ4v) is 2.96. The lowest BCUT2D eigenvalue weighted by molar-refractivity contribution is -0.137. The molecule has 10 heteroatoms. The van der Waals surface area contributed by atoms with Gasteiger partial charge in [-0.2, -0.15) is 18.2 Å². The van der Waals surface area contributed by atoms with Gasteiger partial charge in [-0.3, -0.25) is 4.79 Å². The molecule has 0 atom stereocenters. The lowest BCUT2D eigenvalue weighted by Crippen LogP contribution is -2.23. The van der Waals surface area contributed by atoms with E-state index in [0.29, 0.717) is 17.0 Å². The second kappa shape index (κ2) is 8.96. The highest BCUT2D eigenvalue weighted by molar-refractivity contribution is 5.99. The zero-order chi connectivity index (χ0) is 22.6. The average molecular weight is 442 g/mol. The minimum atomic E-state index is -4.47. The van der Waals surface area contributed by atoms with Crippen LogP contribution in [0.1, 0.15) is 27.6 Å². The van der Waals surface area contributed by atoms with Crippen LogP contribution in [0.2, 0.25) is 0 Å². The molecule has 0 aliphatic rings. The van der Waals surface area contributed by atoms with Gasteiger partial charge >= 0.3 is 6.18 Å². The lowest BCUT2D eigenvalue weighted by atomic mass is 10.1. The quantitative estimate of drug-likeness (QED) is 0.423. The topological polar surface area (TPSA) is 93.2 Å². The van der Waals surface area contributed by atoms with Crippen LogP contribution < -0.4 is 10.6 Å². The summed E-state index contributed by atoms with van der Waals surface area (Å²) < 4.78 is 49.1. The van der Waals surface area contributed by atoms with Gasteiger partial charge in [0, 0.05) is 11.3 Å². The molecule has 1 amide bonds. The van der Waals surface area contributed by atoms with Gasteiger partial charge in [0.1, 0.15) is 5.76 Å². The molecule has 2 aromatic heterocycles. The summed E-state index contributed by atoms with van der Waals surface area (Å²) >= 11 is 0. The third-order valence-corrected chi connectivity index (χ3v) is 4.52. The molecule has 0 saturated carbocycles. The van der Waals surface area contributed by atoms with Crippen molar-refractivity contribution >= 4 is 11.6 Å². The lowest BCUT2D eigenvalue weighted by Gasteiger charge is -2.10. The number of hydrogen-bond donors (Lipinski definition) is 2. The van der Waals surface area contributed by atoms with E-state index in [4.69, 9.17) is 8.94 Å². The second-order valence-electron chi connectivity index (χ2n) is 6.75. The summed E-state index contributed by atoms with van der Waals surface area (Å²) in [7, 11) is 0. The Morgan fingerprint density at radius 3 is 2.62 bits per heavy atom. The number of nitrogens with zero attached hydrogens (tertiary/aromatic N) is 2. The predicted molar refractivity (Wildman–Crippen MR) is 108 cm³/mol. The van der Waals surface area contributed by atoms with Crippen LogP contribution >= 0.6 is 0 Å². The highest BCUT2D eigenvalue weighted by Crippen LogP contribution is 2.31. The van der Waals surface area contributed by atoms with Crippen LogP contribution in [0, 0.1) is 0 Å². The number of furan rings is 1. The summed E-state index contributed by atoms with van der Waals surface area (Å²) in [6.45, 7) is 0.318. The van der Waals surface area contributed by atoms with Gasteiger partial charge in [0.2, 0.25) is 11.7 Å². The minimum absolute atomic E-state index is 0.0392. The van der Waals surface area contributed by atoms with Gasteiger partial charge in [0.25, 0.3) is 5.91 Å². The number of hydrogen-bond acceptors (Lipinski definition) is 6. The average Bonchev–Trinajstić information content (AvgIpc) is 3.48. The zero-order valence-electron chi connectivity index (χ0n) is 16.5. The van der Waals surface area contributed by atoms with Crippen molar-refractivity contribution in [3.05, 3.63) is 89.7 Å². The van der Waals surface area contributed by atoms with Crippen molar-refractivity contribution in [1.29, 1.82) is 0 Å². The highest BCUT2D eigenvalue weighted by atomic mass is 19.4. The number of anilines is 1. The molecule has 4 aromatic rings. The van der Waals surface area contributed by atoms with Crippen molar-refractivity contribution in [3.8, 4) is 11.4 Å². The Bertz CT molecular complexity index is 1200. The molecule has 2 aromatic carbocycles. The van der Waals surface area contributed by atoms with Gasteiger partial charge in [-0.15, -0.1) is 0 Å². The third kappa shape index (κ3) is 4.97. The molecule has 0 bridgehead atoms. The fraction of sp³-hybridized carbons (Fsp3) is 0.136. The van der Waals surface area contributed by atoms with Crippen molar-refractivity contribution in [2.45, 2.75) is 19.3 Å². The smallest absolute Gasteiger partial charge is 0.416 e. The van der Waals surface area contributed by atoms with Crippen molar-refractivity contribution in [1.82, 2.24) is 15.5 Å². The number of rotatable bonds is 7. The van der Waals surface area contributed by atoms with Crippen LogP contribution in [0.5, 0.6) is 0 Å². The minimum Gasteiger partial charge on any atom is -0.467 e. The van der Waals surface area contributed by atoms with E-state index < -0.39 is 11.7 Å². The van der Waals surface area contributed by atoms with Crippen LogP contribution in [-0.2, 0) is 19.3 Å². The van der Waals surface area contributed by atoms with Gasteiger partial charge in [-0.25, -0.2) is 0 Å². The molecule has 0 fully saturated rings. The Labute approximate surface area is 180 Å². The SMILES string of the molecule is O=C(NCc1ccco1)c1ccccc1NCc1nc(-c2cccc(C(F)(F)F)c2)no1. The Hall–Kier alpha value is -4.08. The Morgan fingerprint density at radius 2 is 1.84 bits per heavy atom. The third-order valence-electron chi connectivity index (χ3n) is 4.52. The first-order chi connectivity index (χ1) is 15.4. The molecule has 0 aliphatic heterocycles. The molecular formula is C22H17F3N4O3. The molecule has 4 rings (SSSR count). The number of nitrogens with one attached hydrogen (secondary N) is 2. The van der Waals surface area contributed by atoms with Crippen LogP contribution in [0.4, 0.5) is 18.9 Å². The number of carbonyl (C=O) groups is 1. The number of alkyl halides is 3. The van der Waals surface area contributed by atoms with Crippen molar-refractivity contribution in [2.75, 3.05) is 5.32 Å². The molecule has 0 unspecified atom stereocenters. The standard InChI is InChI=1S/C22H17F3N4O3/c23-22(24,25)15-6-3-5-14(11-15)20-28-19(32-29-20)13-26-18-9-2-1-8-17(18)21(30)27-12-16-7-4-10-31-16/h1-11,26H,12-13H2,(H,27,30). The van der Waals surface area contributed by atoms with Gasteiger partial charge in [-0.1, -0.05) is 29.4 Å². The Kier molecular flexibility index (Phi) is 5.93. The largest absolute Gasteiger partial charge is 0.467 e. The summed E-state index contributed by atoms with van der Waals surface area (Å²) in [6.07, 6.45) is -2.94. The first-order valence-electron chi connectivity index (χ1n) is 9.54. The zero-order valence-corrected chi connectivity index (χ0v) is 16.5.